The molecule has 1 aromatic rings. The Hall–Kier alpha value is -0.650. The quantitative estimate of drug-likeness (QED) is 0.874. The summed E-state index contributed by atoms with van der Waals surface area (Å²) < 4.78 is 0. The number of likely N-dealkylation sites (tertiary alicyclic amines) is 1. The predicted molar refractivity (Wildman–Crippen MR) is 87.7 cm³/mol. The maximum atomic E-state index is 4.63. The summed E-state index contributed by atoms with van der Waals surface area (Å²) in [7, 11) is 4.40. The third-order valence-electron chi connectivity index (χ3n) is 4.18. The standard InChI is InChI=1S/C15H28N4S/c1-5-8-16-12(2)14-11-17-15(20-14)19(4)13-6-9-18(3)10-7-13/h11-13,16H,5-10H2,1-4H3. The van der Waals surface area contributed by atoms with Crippen LogP contribution in [0, 0.1) is 0 Å². The number of anilines is 1. The number of thiazole rings is 1. The Bertz CT molecular complexity index is 398. The summed E-state index contributed by atoms with van der Waals surface area (Å²) in [5, 5.41) is 4.70. The number of nitrogens with one attached hydrogen (secondary N) is 1. The summed E-state index contributed by atoms with van der Waals surface area (Å²) in [6, 6.07) is 1.05. The fourth-order valence-corrected chi connectivity index (χ4v) is 3.61. The van der Waals surface area contributed by atoms with E-state index in [9.17, 15) is 0 Å². The van der Waals surface area contributed by atoms with E-state index in [0.717, 1.165) is 6.54 Å². The van der Waals surface area contributed by atoms with Gasteiger partial charge in [0.1, 0.15) is 0 Å². The summed E-state index contributed by atoms with van der Waals surface area (Å²) in [6.07, 6.45) is 5.70. The van der Waals surface area contributed by atoms with Gasteiger partial charge < -0.3 is 15.1 Å². The van der Waals surface area contributed by atoms with Gasteiger partial charge in [0, 0.05) is 30.2 Å². The highest BCUT2D eigenvalue weighted by atomic mass is 32.1. The number of rotatable bonds is 6. The molecule has 0 bridgehead atoms. The lowest BCUT2D eigenvalue weighted by Crippen LogP contribution is -2.41. The summed E-state index contributed by atoms with van der Waals surface area (Å²) in [4.78, 5) is 10.8. The lowest BCUT2D eigenvalue weighted by Gasteiger charge is -2.34. The molecule has 114 valence electrons. The molecule has 0 amide bonds. The Morgan fingerprint density at radius 1 is 1.50 bits per heavy atom. The summed E-state index contributed by atoms with van der Waals surface area (Å²) in [5.41, 5.74) is 0. The summed E-state index contributed by atoms with van der Waals surface area (Å²) in [6.45, 7) is 7.89. The van der Waals surface area contributed by atoms with E-state index in [1.54, 1.807) is 0 Å². The minimum atomic E-state index is 0.409. The molecule has 0 saturated carbocycles. The molecule has 1 atom stereocenters. The molecular formula is C15H28N4S. The van der Waals surface area contributed by atoms with Gasteiger partial charge in [0.05, 0.1) is 0 Å². The van der Waals surface area contributed by atoms with E-state index in [4.69, 9.17) is 0 Å². The minimum absolute atomic E-state index is 0.409. The molecule has 1 aliphatic rings. The maximum absolute atomic E-state index is 4.63. The molecule has 4 nitrogen and oxygen atoms in total. The maximum Gasteiger partial charge on any atom is 0.185 e. The van der Waals surface area contributed by atoms with Crippen LogP contribution in [0.15, 0.2) is 6.20 Å². The van der Waals surface area contributed by atoms with Gasteiger partial charge in [-0.25, -0.2) is 4.98 Å². The molecule has 1 aromatic heterocycles. The van der Waals surface area contributed by atoms with Gasteiger partial charge in [0.25, 0.3) is 0 Å². The second-order valence-electron chi connectivity index (χ2n) is 5.87. The average molecular weight is 296 g/mol. The molecule has 1 saturated heterocycles. The van der Waals surface area contributed by atoms with Crippen molar-refractivity contribution >= 4 is 16.5 Å². The Morgan fingerprint density at radius 3 is 2.85 bits per heavy atom. The van der Waals surface area contributed by atoms with Gasteiger partial charge in [-0.05, 0) is 52.9 Å². The predicted octanol–water partition coefficient (Wildman–Crippen LogP) is 2.73. The summed E-state index contributed by atoms with van der Waals surface area (Å²) in [5.74, 6) is 0. The highest BCUT2D eigenvalue weighted by Gasteiger charge is 2.23. The lowest BCUT2D eigenvalue weighted by molar-refractivity contribution is 0.253. The van der Waals surface area contributed by atoms with Crippen LogP contribution in [0.5, 0.6) is 0 Å². The van der Waals surface area contributed by atoms with E-state index < -0.39 is 0 Å². The highest BCUT2D eigenvalue weighted by molar-refractivity contribution is 7.15. The zero-order valence-electron chi connectivity index (χ0n) is 13.2. The van der Waals surface area contributed by atoms with E-state index in [0.29, 0.717) is 12.1 Å². The lowest BCUT2D eigenvalue weighted by atomic mass is 10.0. The topological polar surface area (TPSA) is 31.4 Å². The summed E-state index contributed by atoms with van der Waals surface area (Å²) >= 11 is 1.83. The first-order valence-electron chi connectivity index (χ1n) is 7.72. The Balaban J connectivity index is 1.93. The number of aromatic nitrogens is 1. The van der Waals surface area contributed by atoms with Gasteiger partial charge in [0.2, 0.25) is 0 Å². The molecule has 2 rings (SSSR count). The number of nitrogens with zero attached hydrogens (tertiary/aromatic N) is 3. The van der Waals surface area contributed by atoms with Crippen molar-refractivity contribution in [2.24, 2.45) is 0 Å². The average Bonchev–Trinajstić information content (AvgIpc) is 2.94. The van der Waals surface area contributed by atoms with E-state index in [-0.39, 0.29) is 0 Å². The van der Waals surface area contributed by atoms with Crippen molar-refractivity contribution < 1.29 is 0 Å². The fourth-order valence-electron chi connectivity index (χ4n) is 2.64. The minimum Gasteiger partial charge on any atom is -0.348 e. The van der Waals surface area contributed by atoms with Crippen molar-refractivity contribution in [3.8, 4) is 0 Å². The van der Waals surface area contributed by atoms with E-state index in [1.807, 2.05) is 17.5 Å². The second-order valence-corrected chi connectivity index (χ2v) is 6.91. The third kappa shape index (κ3) is 3.93. The Morgan fingerprint density at radius 2 is 2.20 bits per heavy atom. The monoisotopic (exact) mass is 296 g/mol. The Kier molecular flexibility index (Phi) is 5.81. The van der Waals surface area contributed by atoms with Gasteiger partial charge in [-0.2, -0.15) is 0 Å². The first-order chi connectivity index (χ1) is 9.61. The van der Waals surface area contributed by atoms with Crippen LogP contribution in [0.4, 0.5) is 5.13 Å². The van der Waals surface area contributed by atoms with Crippen LogP contribution in [-0.2, 0) is 0 Å². The van der Waals surface area contributed by atoms with Crippen molar-refractivity contribution in [3.05, 3.63) is 11.1 Å². The molecule has 0 aromatic carbocycles. The Labute approximate surface area is 127 Å². The fraction of sp³-hybridized carbons (Fsp3) is 0.800. The molecule has 1 fully saturated rings. The van der Waals surface area contributed by atoms with Crippen LogP contribution >= 0.6 is 11.3 Å². The van der Waals surface area contributed by atoms with Gasteiger partial charge in [-0.1, -0.05) is 6.92 Å². The number of piperidine rings is 1. The SMILES string of the molecule is CCCNC(C)c1cnc(N(C)C2CCN(C)CC2)s1. The van der Waals surface area contributed by atoms with Gasteiger partial charge >= 0.3 is 0 Å². The number of hydrogen-bond acceptors (Lipinski definition) is 5. The van der Waals surface area contributed by atoms with E-state index in [1.165, 1.54) is 42.4 Å². The second kappa shape index (κ2) is 7.38. The van der Waals surface area contributed by atoms with Crippen molar-refractivity contribution in [2.75, 3.05) is 38.6 Å². The van der Waals surface area contributed by atoms with Crippen molar-refractivity contribution in [1.29, 1.82) is 0 Å². The molecule has 0 radical (unpaired) electrons. The number of hydrogen-bond donors (Lipinski definition) is 1. The third-order valence-corrected chi connectivity index (χ3v) is 5.45. The van der Waals surface area contributed by atoms with Crippen LogP contribution in [0.2, 0.25) is 0 Å². The van der Waals surface area contributed by atoms with Gasteiger partial charge in [-0.15, -0.1) is 11.3 Å². The van der Waals surface area contributed by atoms with Crippen LogP contribution in [0.3, 0.4) is 0 Å². The van der Waals surface area contributed by atoms with Gasteiger partial charge in [0.15, 0.2) is 5.13 Å². The molecule has 2 heterocycles. The van der Waals surface area contributed by atoms with Crippen LogP contribution < -0.4 is 10.2 Å². The van der Waals surface area contributed by atoms with Crippen LogP contribution in [-0.4, -0.2) is 49.7 Å². The van der Waals surface area contributed by atoms with Gasteiger partial charge in [-0.3, -0.25) is 0 Å². The zero-order valence-corrected chi connectivity index (χ0v) is 14.0. The molecule has 1 aliphatic heterocycles. The first-order valence-corrected chi connectivity index (χ1v) is 8.54. The van der Waals surface area contributed by atoms with Crippen molar-refractivity contribution in [3.63, 3.8) is 0 Å². The first kappa shape index (κ1) is 15.7. The van der Waals surface area contributed by atoms with Crippen molar-refractivity contribution in [2.45, 2.75) is 45.2 Å². The molecule has 20 heavy (non-hydrogen) atoms. The molecular weight excluding hydrogens is 268 g/mol. The van der Waals surface area contributed by atoms with Crippen LogP contribution in [0.1, 0.15) is 44.0 Å². The molecule has 0 aliphatic carbocycles. The highest BCUT2D eigenvalue weighted by Crippen LogP contribution is 2.29. The molecule has 1 unspecified atom stereocenters. The zero-order chi connectivity index (χ0) is 14.5. The molecule has 1 N–H and O–H groups in total. The normalized spacial score (nSPS) is 19.2. The van der Waals surface area contributed by atoms with E-state index in [2.05, 4.69) is 48.0 Å². The largest absolute Gasteiger partial charge is 0.348 e. The molecule has 0 spiro atoms. The smallest absolute Gasteiger partial charge is 0.185 e. The molecule has 5 heteroatoms. The van der Waals surface area contributed by atoms with E-state index >= 15 is 0 Å². The van der Waals surface area contributed by atoms with Crippen molar-refractivity contribution in [1.82, 2.24) is 15.2 Å². The van der Waals surface area contributed by atoms with Crippen LogP contribution in [0.25, 0.3) is 0 Å².